The summed E-state index contributed by atoms with van der Waals surface area (Å²) in [4.78, 5) is 14.4. The van der Waals surface area contributed by atoms with Crippen molar-refractivity contribution < 1.29 is 9.53 Å². The molecule has 1 saturated carbocycles. The van der Waals surface area contributed by atoms with Gasteiger partial charge >= 0.3 is 0 Å². The third-order valence-corrected chi connectivity index (χ3v) is 3.80. The van der Waals surface area contributed by atoms with Gasteiger partial charge in [-0.2, -0.15) is 0 Å². The lowest BCUT2D eigenvalue weighted by Gasteiger charge is -2.40. The van der Waals surface area contributed by atoms with Crippen molar-refractivity contribution in [3.8, 4) is 0 Å². The fraction of sp³-hybridized carbons (Fsp3) is 0.923. The van der Waals surface area contributed by atoms with E-state index >= 15 is 0 Å². The summed E-state index contributed by atoms with van der Waals surface area (Å²) >= 11 is 0. The number of carbonyl (C=O) groups excluding carboxylic acids is 1. The summed E-state index contributed by atoms with van der Waals surface area (Å²) in [7, 11) is 0. The van der Waals surface area contributed by atoms with Crippen LogP contribution in [-0.2, 0) is 9.53 Å². The molecule has 0 bridgehead atoms. The van der Waals surface area contributed by atoms with Gasteiger partial charge in [0.15, 0.2) is 0 Å². The Labute approximate surface area is 103 Å². The Bertz CT molecular complexity index is 291. The van der Waals surface area contributed by atoms with Crippen molar-refractivity contribution >= 4 is 5.91 Å². The molecule has 1 saturated heterocycles. The highest BCUT2D eigenvalue weighted by Crippen LogP contribution is 2.27. The fourth-order valence-electron chi connectivity index (χ4n) is 2.91. The third kappa shape index (κ3) is 3.19. The molecule has 0 radical (unpaired) electrons. The molecule has 0 aromatic rings. The van der Waals surface area contributed by atoms with Gasteiger partial charge in [0, 0.05) is 25.0 Å². The molecule has 1 aliphatic heterocycles. The molecule has 2 fully saturated rings. The van der Waals surface area contributed by atoms with Gasteiger partial charge in [0.25, 0.3) is 0 Å². The maximum Gasteiger partial charge on any atom is 0.225 e. The van der Waals surface area contributed by atoms with E-state index in [1.54, 1.807) is 0 Å². The normalized spacial score (nSPS) is 33.5. The first-order valence-corrected chi connectivity index (χ1v) is 6.66. The van der Waals surface area contributed by atoms with Crippen molar-refractivity contribution in [2.75, 3.05) is 19.7 Å². The van der Waals surface area contributed by atoms with Gasteiger partial charge in [-0.1, -0.05) is 6.42 Å². The van der Waals surface area contributed by atoms with Gasteiger partial charge in [0.1, 0.15) is 0 Å². The van der Waals surface area contributed by atoms with E-state index < -0.39 is 0 Å². The average Bonchev–Trinajstić information content (AvgIpc) is 2.26. The summed E-state index contributed by atoms with van der Waals surface area (Å²) in [6.07, 6.45) is 4.02. The second-order valence-corrected chi connectivity index (χ2v) is 5.99. The van der Waals surface area contributed by atoms with Gasteiger partial charge in [-0.05, 0) is 33.1 Å². The van der Waals surface area contributed by atoms with Gasteiger partial charge in [-0.3, -0.25) is 4.79 Å². The maximum absolute atomic E-state index is 12.4. The van der Waals surface area contributed by atoms with Gasteiger partial charge in [-0.25, -0.2) is 0 Å². The van der Waals surface area contributed by atoms with Crippen LogP contribution in [0.2, 0.25) is 0 Å². The van der Waals surface area contributed by atoms with Crippen molar-refractivity contribution in [2.24, 2.45) is 11.7 Å². The molecule has 2 aliphatic rings. The van der Waals surface area contributed by atoms with Crippen molar-refractivity contribution in [3.05, 3.63) is 0 Å². The molecule has 2 atom stereocenters. The minimum atomic E-state index is -0.204. The Hall–Kier alpha value is -0.610. The molecular weight excluding hydrogens is 216 g/mol. The van der Waals surface area contributed by atoms with Crippen LogP contribution in [0.4, 0.5) is 0 Å². The standard InChI is InChI=1S/C13H24N2O2/c1-13(2)9-15(6-7-17-13)12(16)10-4-3-5-11(14)8-10/h10-11H,3-9,14H2,1-2H3. The molecule has 1 amide bonds. The monoisotopic (exact) mass is 240 g/mol. The van der Waals surface area contributed by atoms with E-state index in [1.165, 1.54) is 0 Å². The summed E-state index contributed by atoms with van der Waals surface area (Å²) in [5, 5.41) is 0. The van der Waals surface area contributed by atoms with Crippen LogP contribution >= 0.6 is 0 Å². The molecule has 4 nitrogen and oxygen atoms in total. The lowest BCUT2D eigenvalue weighted by molar-refractivity contribution is -0.151. The Balaban J connectivity index is 1.94. The minimum absolute atomic E-state index is 0.146. The zero-order chi connectivity index (χ0) is 12.5. The van der Waals surface area contributed by atoms with Crippen molar-refractivity contribution in [2.45, 2.75) is 51.2 Å². The molecule has 4 heteroatoms. The van der Waals surface area contributed by atoms with Crippen LogP contribution in [-0.4, -0.2) is 42.1 Å². The molecule has 2 rings (SSSR count). The second-order valence-electron chi connectivity index (χ2n) is 5.99. The SMILES string of the molecule is CC1(C)CN(C(=O)C2CCCC(N)C2)CCO1. The first-order chi connectivity index (χ1) is 7.98. The largest absolute Gasteiger partial charge is 0.372 e. The lowest BCUT2D eigenvalue weighted by atomic mass is 9.85. The summed E-state index contributed by atoms with van der Waals surface area (Å²) in [6, 6.07) is 0.215. The van der Waals surface area contributed by atoms with Crippen LogP contribution in [0, 0.1) is 5.92 Å². The van der Waals surface area contributed by atoms with Gasteiger partial charge < -0.3 is 15.4 Å². The van der Waals surface area contributed by atoms with E-state index in [2.05, 4.69) is 0 Å². The molecule has 0 aromatic carbocycles. The summed E-state index contributed by atoms with van der Waals surface area (Å²) in [5.41, 5.74) is 5.75. The highest BCUT2D eigenvalue weighted by Gasteiger charge is 2.34. The van der Waals surface area contributed by atoms with Crippen LogP contribution in [0.25, 0.3) is 0 Å². The summed E-state index contributed by atoms with van der Waals surface area (Å²) in [5.74, 6) is 0.434. The molecule has 0 aromatic heterocycles. The summed E-state index contributed by atoms with van der Waals surface area (Å²) in [6.45, 7) is 6.17. The number of morpholine rings is 1. The molecule has 2 unspecified atom stereocenters. The number of hydrogen-bond acceptors (Lipinski definition) is 3. The zero-order valence-corrected chi connectivity index (χ0v) is 10.9. The highest BCUT2D eigenvalue weighted by atomic mass is 16.5. The molecule has 0 spiro atoms. The quantitative estimate of drug-likeness (QED) is 0.748. The first-order valence-electron chi connectivity index (χ1n) is 6.66. The van der Waals surface area contributed by atoms with Crippen LogP contribution < -0.4 is 5.73 Å². The van der Waals surface area contributed by atoms with Crippen molar-refractivity contribution in [3.63, 3.8) is 0 Å². The number of nitrogens with two attached hydrogens (primary N) is 1. The van der Waals surface area contributed by atoms with E-state index in [4.69, 9.17) is 10.5 Å². The Morgan fingerprint density at radius 3 is 2.82 bits per heavy atom. The van der Waals surface area contributed by atoms with Gasteiger partial charge in [-0.15, -0.1) is 0 Å². The topological polar surface area (TPSA) is 55.6 Å². The number of amides is 1. The van der Waals surface area contributed by atoms with Gasteiger partial charge in [0.2, 0.25) is 5.91 Å². The van der Waals surface area contributed by atoms with Gasteiger partial charge in [0.05, 0.1) is 12.2 Å². The fourth-order valence-corrected chi connectivity index (χ4v) is 2.91. The van der Waals surface area contributed by atoms with Crippen molar-refractivity contribution in [1.82, 2.24) is 4.90 Å². The number of rotatable bonds is 1. The lowest BCUT2D eigenvalue weighted by Crippen LogP contribution is -2.52. The smallest absolute Gasteiger partial charge is 0.225 e. The Morgan fingerprint density at radius 1 is 1.41 bits per heavy atom. The Morgan fingerprint density at radius 2 is 2.18 bits per heavy atom. The van der Waals surface area contributed by atoms with E-state index in [-0.39, 0.29) is 23.5 Å². The maximum atomic E-state index is 12.4. The number of ether oxygens (including phenoxy) is 1. The number of nitrogens with zero attached hydrogens (tertiary/aromatic N) is 1. The van der Waals surface area contributed by atoms with Crippen LogP contribution in [0.5, 0.6) is 0 Å². The van der Waals surface area contributed by atoms with E-state index in [0.717, 1.165) is 32.2 Å². The Kier molecular flexibility index (Phi) is 3.73. The highest BCUT2D eigenvalue weighted by molar-refractivity contribution is 5.79. The second kappa shape index (κ2) is 4.94. The molecule has 1 heterocycles. The van der Waals surface area contributed by atoms with Crippen molar-refractivity contribution in [1.29, 1.82) is 0 Å². The third-order valence-electron chi connectivity index (χ3n) is 3.80. The van der Waals surface area contributed by atoms with E-state index in [1.807, 2.05) is 18.7 Å². The van der Waals surface area contributed by atoms with Crippen LogP contribution in [0.3, 0.4) is 0 Å². The molecule has 2 N–H and O–H groups in total. The predicted molar refractivity (Wildman–Crippen MR) is 66.5 cm³/mol. The molecule has 98 valence electrons. The van der Waals surface area contributed by atoms with Crippen LogP contribution in [0.15, 0.2) is 0 Å². The first kappa shape index (κ1) is 12.8. The van der Waals surface area contributed by atoms with Crippen LogP contribution in [0.1, 0.15) is 39.5 Å². The molecule has 17 heavy (non-hydrogen) atoms. The molecule has 1 aliphatic carbocycles. The average molecular weight is 240 g/mol. The minimum Gasteiger partial charge on any atom is -0.372 e. The zero-order valence-electron chi connectivity index (χ0n) is 10.9. The molecular formula is C13H24N2O2. The van der Waals surface area contributed by atoms with E-state index in [9.17, 15) is 4.79 Å². The predicted octanol–water partition coefficient (Wildman–Crippen LogP) is 1.14. The number of carbonyl (C=O) groups is 1. The van der Waals surface area contributed by atoms with E-state index in [0.29, 0.717) is 13.2 Å². The number of hydrogen-bond donors (Lipinski definition) is 1. The summed E-state index contributed by atoms with van der Waals surface area (Å²) < 4.78 is 5.64.